The highest BCUT2D eigenvalue weighted by Gasteiger charge is 2.36. The third-order valence-corrected chi connectivity index (χ3v) is 5.88. The Kier molecular flexibility index (Phi) is 4.94. The van der Waals surface area contributed by atoms with Gasteiger partial charge >= 0.3 is 0 Å². The van der Waals surface area contributed by atoms with Crippen LogP contribution in [-0.4, -0.2) is 37.8 Å². The molecule has 1 fully saturated rings. The van der Waals surface area contributed by atoms with E-state index in [1.165, 1.54) is 0 Å². The first-order valence-electron chi connectivity index (χ1n) is 7.06. The fraction of sp³-hybridized carbons (Fsp3) is 0.533. The summed E-state index contributed by atoms with van der Waals surface area (Å²) in [5.74, 6) is -0.221. The van der Waals surface area contributed by atoms with Crippen LogP contribution in [0.2, 0.25) is 0 Å². The average molecular weight is 330 g/mol. The van der Waals surface area contributed by atoms with Crippen LogP contribution in [0.25, 0.3) is 0 Å². The van der Waals surface area contributed by atoms with Crippen LogP contribution in [0, 0.1) is 6.92 Å². The number of rotatable bonds is 4. The maximum Gasteiger partial charge on any atom is 0.242 e. The molecule has 0 spiro atoms. The van der Waals surface area contributed by atoms with Gasteiger partial charge in [-0.2, -0.15) is 0 Å². The number of sulfone groups is 1. The molecule has 0 radical (unpaired) electrons. The normalized spacial score (nSPS) is 20.4. The minimum Gasteiger partial charge on any atom is -0.307 e. The molecule has 1 unspecified atom stereocenters. The number of para-hydroxylation sites is 1. The number of hydrogen-bond donors (Lipinski definition) is 0. The third kappa shape index (κ3) is 3.40. The summed E-state index contributed by atoms with van der Waals surface area (Å²) < 4.78 is 23.5. The lowest BCUT2D eigenvalue weighted by molar-refractivity contribution is -0.116. The van der Waals surface area contributed by atoms with Crippen molar-refractivity contribution in [1.82, 2.24) is 0 Å². The Hall–Kier alpha value is -1.07. The van der Waals surface area contributed by atoms with Crippen molar-refractivity contribution in [2.24, 2.45) is 0 Å². The van der Waals surface area contributed by atoms with E-state index in [-0.39, 0.29) is 29.3 Å². The largest absolute Gasteiger partial charge is 0.307 e. The molecule has 4 nitrogen and oxygen atoms in total. The molecular formula is C15H20ClNO3S. The SMILES string of the molecule is CCc1cccc(C)c1N(C(=O)CCl)C1CCS(=O)(=O)C1. The van der Waals surface area contributed by atoms with Gasteiger partial charge in [0.25, 0.3) is 0 Å². The van der Waals surface area contributed by atoms with Crippen LogP contribution in [0.15, 0.2) is 18.2 Å². The van der Waals surface area contributed by atoms with E-state index in [9.17, 15) is 13.2 Å². The van der Waals surface area contributed by atoms with Gasteiger partial charge in [-0.3, -0.25) is 4.79 Å². The lowest BCUT2D eigenvalue weighted by atomic mass is 10.0. The predicted octanol–water partition coefficient (Wildman–Crippen LogP) is 2.32. The van der Waals surface area contributed by atoms with Gasteiger partial charge in [-0.25, -0.2) is 8.42 Å². The Balaban J connectivity index is 2.50. The summed E-state index contributed by atoms with van der Waals surface area (Å²) in [6, 6.07) is 5.55. The summed E-state index contributed by atoms with van der Waals surface area (Å²) in [5.41, 5.74) is 2.84. The lowest BCUT2D eigenvalue weighted by Crippen LogP contribution is -2.43. The molecule has 1 aliphatic heterocycles. The van der Waals surface area contributed by atoms with E-state index < -0.39 is 9.84 Å². The Morgan fingerprint density at radius 2 is 2.14 bits per heavy atom. The molecule has 1 atom stereocenters. The summed E-state index contributed by atoms with van der Waals surface area (Å²) in [4.78, 5) is 13.9. The molecule has 1 saturated heterocycles. The number of hydrogen-bond acceptors (Lipinski definition) is 3. The highest BCUT2D eigenvalue weighted by atomic mass is 35.5. The summed E-state index contributed by atoms with van der Waals surface area (Å²) in [7, 11) is -3.06. The zero-order chi connectivity index (χ0) is 15.6. The van der Waals surface area contributed by atoms with Gasteiger partial charge in [0.2, 0.25) is 5.91 Å². The van der Waals surface area contributed by atoms with E-state index in [2.05, 4.69) is 0 Å². The fourth-order valence-electron chi connectivity index (χ4n) is 2.90. The maximum absolute atomic E-state index is 12.3. The second kappa shape index (κ2) is 6.36. The summed E-state index contributed by atoms with van der Waals surface area (Å²) in [6.45, 7) is 3.96. The molecular weight excluding hydrogens is 310 g/mol. The standard InChI is InChI=1S/C15H20ClNO3S/c1-3-12-6-4-5-11(2)15(12)17(14(18)9-16)13-7-8-21(19,20)10-13/h4-6,13H,3,7-10H2,1-2H3. The second-order valence-corrected chi connectivity index (χ2v) is 7.89. The van der Waals surface area contributed by atoms with E-state index in [1.807, 2.05) is 32.0 Å². The van der Waals surface area contributed by atoms with Crippen LogP contribution in [-0.2, 0) is 21.1 Å². The smallest absolute Gasteiger partial charge is 0.242 e. The van der Waals surface area contributed by atoms with Crippen LogP contribution in [0.5, 0.6) is 0 Å². The van der Waals surface area contributed by atoms with Crippen molar-refractivity contribution < 1.29 is 13.2 Å². The zero-order valence-corrected chi connectivity index (χ0v) is 13.9. The van der Waals surface area contributed by atoms with E-state index in [1.54, 1.807) is 4.90 Å². The molecule has 116 valence electrons. The molecule has 0 saturated carbocycles. The number of halogens is 1. The minimum atomic E-state index is -3.06. The third-order valence-electron chi connectivity index (χ3n) is 3.90. The van der Waals surface area contributed by atoms with Crippen molar-refractivity contribution in [3.05, 3.63) is 29.3 Å². The molecule has 21 heavy (non-hydrogen) atoms. The lowest BCUT2D eigenvalue weighted by Gasteiger charge is -2.31. The van der Waals surface area contributed by atoms with Gasteiger partial charge in [0.05, 0.1) is 23.2 Å². The highest BCUT2D eigenvalue weighted by Crippen LogP contribution is 2.31. The van der Waals surface area contributed by atoms with Crippen molar-refractivity contribution in [2.75, 3.05) is 22.3 Å². The first-order chi connectivity index (χ1) is 9.89. The van der Waals surface area contributed by atoms with Gasteiger partial charge in [-0.05, 0) is 30.9 Å². The number of carbonyl (C=O) groups is 1. The quantitative estimate of drug-likeness (QED) is 0.797. The van der Waals surface area contributed by atoms with Gasteiger partial charge < -0.3 is 4.90 Å². The number of amides is 1. The summed E-state index contributed by atoms with van der Waals surface area (Å²) >= 11 is 5.75. The first-order valence-corrected chi connectivity index (χ1v) is 9.42. The number of carbonyl (C=O) groups excluding carboxylic acids is 1. The molecule has 0 bridgehead atoms. The Labute approximate surface area is 131 Å². The molecule has 1 amide bonds. The summed E-state index contributed by atoms with van der Waals surface area (Å²) in [5, 5.41) is 0. The van der Waals surface area contributed by atoms with Crippen molar-refractivity contribution >= 4 is 33.0 Å². The first kappa shape index (κ1) is 16.3. The fourth-order valence-corrected chi connectivity index (χ4v) is 4.73. The monoisotopic (exact) mass is 329 g/mol. The van der Waals surface area contributed by atoms with Gasteiger partial charge in [0.15, 0.2) is 9.84 Å². The second-order valence-electron chi connectivity index (χ2n) is 5.39. The van der Waals surface area contributed by atoms with Crippen molar-refractivity contribution in [1.29, 1.82) is 0 Å². The van der Waals surface area contributed by atoms with Crippen LogP contribution in [0.1, 0.15) is 24.5 Å². The Morgan fingerprint density at radius 3 is 2.67 bits per heavy atom. The molecule has 2 rings (SSSR count). The van der Waals surface area contributed by atoms with E-state index in [4.69, 9.17) is 11.6 Å². The van der Waals surface area contributed by atoms with Gasteiger partial charge in [0, 0.05) is 0 Å². The van der Waals surface area contributed by atoms with E-state index in [0.717, 1.165) is 23.2 Å². The number of alkyl halides is 1. The highest BCUT2D eigenvalue weighted by molar-refractivity contribution is 7.91. The molecule has 0 aliphatic carbocycles. The topological polar surface area (TPSA) is 54.5 Å². The minimum absolute atomic E-state index is 0.0209. The van der Waals surface area contributed by atoms with Gasteiger partial charge in [-0.15, -0.1) is 11.6 Å². The van der Waals surface area contributed by atoms with Crippen LogP contribution < -0.4 is 4.90 Å². The molecule has 1 aromatic carbocycles. The average Bonchev–Trinajstić information content (AvgIpc) is 2.80. The molecule has 6 heteroatoms. The van der Waals surface area contributed by atoms with Crippen LogP contribution in [0.4, 0.5) is 5.69 Å². The van der Waals surface area contributed by atoms with Gasteiger partial charge in [0.1, 0.15) is 5.88 Å². The Morgan fingerprint density at radius 1 is 1.43 bits per heavy atom. The molecule has 1 aromatic rings. The zero-order valence-electron chi connectivity index (χ0n) is 12.3. The van der Waals surface area contributed by atoms with Crippen LogP contribution >= 0.6 is 11.6 Å². The summed E-state index contributed by atoms with van der Waals surface area (Å²) in [6.07, 6.45) is 1.25. The molecule has 1 aliphatic rings. The van der Waals surface area contributed by atoms with Crippen LogP contribution in [0.3, 0.4) is 0 Å². The predicted molar refractivity (Wildman–Crippen MR) is 85.8 cm³/mol. The number of aryl methyl sites for hydroxylation is 2. The Bertz CT molecular complexity index is 642. The van der Waals surface area contributed by atoms with E-state index >= 15 is 0 Å². The number of benzene rings is 1. The number of anilines is 1. The number of nitrogens with zero attached hydrogens (tertiary/aromatic N) is 1. The van der Waals surface area contributed by atoms with Crippen molar-refractivity contribution in [2.45, 2.75) is 32.7 Å². The van der Waals surface area contributed by atoms with E-state index in [0.29, 0.717) is 6.42 Å². The molecule has 1 heterocycles. The molecule has 0 N–H and O–H groups in total. The maximum atomic E-state index is 12.3. The molecule has 0 aromatic heterocycles. The van der Waals surface area contributed by atoms with Gasteiger partial charge in [-0.1, -0.05) is 25.1 Å². The van der Waals surface area contributed by atoms with Crippen molar-refractivity contribution in [3.8, 4) is 0 Å². The van der Waals surface area contributed by atoms with Crippen molar-refractivity contribution in [3.63, 3.8) is 0 Å².